The van der Waals surface area contributed by atoms with Crippen molar-refractivity contribution in [2.45, 2.75) is 77.7 Å². The van der Waals surface area contributed by atoms with Gasteiger partial charge in [-0.05, 0) is 38.9 Å². The first kappa shape index (κ1) is 17.1. The fourth-order valence-corrected chi connectivity index (χ4v) is 3.13. The lowest BCUT2D eigenvalue weighted by Crippen LogP contribution is -2.37. The van der Waals surface area contributed by atoms with Crippen LogP contribution < -0.4 is 5.32 Å². The number of aromatic amines is 1. The summed E-state index contributed by atoms with van der Waals surface area (Å²) < 4.78 is 8.36. The van der Waals surface area contributed by atoms with E-state index < -0.39 is 6.10 Å². The summed E-state index contributed by atoms with van der Waals surface area (Å²) in [7, 11) is 0. The number of rotatable bonds is 6. The third-order valence-corrected chi connectivity index (χ3v) is 4.45. The molecule has 0 aromatic carbocycles. The maximum absolute atomic E-state index is 12.2. The van der Waals surface area contributed by atoms with Gasteiger partial charge in [-0.15, -0.1) is 0 Å². The van der Waals surface area contributed by atoms with Crippen molar-refractivity contribution >= 4 is 18.1 Å². The SMILES string of the molecule is CCn1c(CNC(=O)C(C)OC2CCCCCC2)n[nH]c1=S. The Labute approximate surface area is 136 Å². The molecule has 1 atom stereocenters. The number of carbonyl (C=O) groups is 1. The first-order valence-electron chi connectivity index (χ1n) is 8.19. The minimum atomic E-state index is -0.430. The van der Waals surface area contributed by atoms with Gasteiger partial charge in [0.15, 0.2) is 10.6 Å². The minimum absolute atomic E-state index is 0.0965. The Morgan fingerprint density at radius 3 is 2.77 bits per heavy atom. The predicted octanol–water partition coefficient (Wildman–Crippen LogP) is 2.70. The van der Waals surface area contributed by atoms with Crippen LogP contribution in [0.1, 0.15) is 58.2 Å². The zero-order chi connectivity index (χ0) is 15.9. The lowest BCUT2D eigenvalue weighted by molar-refractivity contribution is -0.136. The molecule has 124 valence electrons. The van der Waals surface area contributed by atoms with Crippen molar-refractivity contribution in [1.29, 1.82) is 0 Å². The first-order valence-corrected chi connectivity index (χ1v) is 8.60. The molecule has 22 heavy (non-hydrogen) atoms. The van der Waals surface area contributed by atoms with Crippen LogP contribution in [0, 0.1) is 4.77 Å². The number of aromatic nitrogens is 3. The average Bonchev–Trinajstić information content (AvgIpc) is 2.70. The molecule has 2 N–H and O–H groups in total. The van der Waals surface area contributed by atoms with Crippen LogP contribution in [-0.2, 0) is 22.6 Å². The van der Waals surface area contributed by atoms with Crippen molar-refractivity contribution < 1.29 is 9.53 Å². The van der Waals surface area contributed by atoms with Crippen LogP contribution >= 0.6 is 12.2 Å². The molecule has 1 aliphatic rings. The van der Waals surface area contributed by atoms with Gasteiger partial charge in [0.05, 0.1) is 12.6 Å². The number of carbonyl (C=O) groups excluding carboxylic acids is 1. The summed E-state index contributed by atoms with van der Waals surface area (Å²) in [6, 6.07) is 0. The van der Waals surface area contributed by atoms with Gasteiger partial charge in [0.25, 0.3) is 0 Å². The highest BCUT2D eigenvalue weighted by Crippen LogP contribution is 2.20. The maximum Gasteiger partial charge on any atom is 0.249 e. The van der Waals surface area contributed by atoms with Crippen molar-refractivity contribution in [2.24, 2.45) is 0 Å². The van der Waals surface area contributed by atoms with E-state index in [1.165, 1.54) is 25.7 Å². The largest absolute Gasteiger partial charge is 0.365 e. The summed E-state index contributed by atoms with van der Waals surface area (Å²) in [5.41, 5.74) is 0. The third kappa shape index (κ3) is 4.64. The summed E-state index contributed by atoms with van der Waals surface area (Å²) in [6.45, 7) is 4.90. The van der Waals surface area contributed by atoms with Gasteiger partial charge in [-0.1, -0.05) is 25.7 Å². The summed E-state index contributed by atoms with van der Waals surface area (Å²) in [5, 5.41) is 9.76. The van der Waals surface area contributed by atoms with Gasteiger partial charge < -0.3 is 14.6 Å². The molecule has 1 aliphatic carbocycles. The molecule has 1 saturated carbocycles. The molecule has 6 nitrogen and oxygen atoms in total. The molecular formula is C15H26N4O2S. The topological polar surface area (TPSA) is 71.9 Å². The van der Waals surface area contributed by atoms with Gasteiger partial charge in [0.2, 0.25) is 5.91 Å². The third-order valence-electron chi connectivity index (χ3n) is 4.14. The Morgan fingerprint density at radius 2 is 2.14 bits per heavy atom. The lowest BCUT2D eigenvalue weighted by Gasteiger charge is -2.20. The molecule has 0 spiro atoms. The maximum atomic E-state index is 12.2. The van der Waals surface area contributed by atoms with Crippen molar-refractivity contribution in [2.75, 3.05) is 0 Å². The second-order valence-corrected chi connectivity index (χ2v) is 6.19. The molecule has 7 heteroatoms. The molecular weight excluding hydrogens is 300 g/mol. The molecule has 1 amide bonds. The number of nitrogens with one attached hydrogen (secondary N) is 2. The van der Waals surface area contributed by atoms with Crippen LogP contribution in [0.2, 0.25) is 0 Å². The summed E-state index contributed by atoms with van der Waals surface area (Å²) in [5.74, 6) is 0.642. The fraction of sp³-hybridized carbons (Fsp3) is 0.800. The second kappa shape index (κ2) is 8.43. The monoisotopic (exact) mass is 326 g/mol. The van der Waals surface area contributed by atoms with Crippen molar-refractivity contribution in [1.82, 2.24) is 20.1 Å². The lowest BCUT2D eigenvalue weighted by atomic mass is 10.1. The molecule has 0 bridgehead atoms. The zero-order valence-electron chi connectivity index (χ0n) is 13.4. The Morgan fingerprint density at radius 1 is 1.45 bits per heavy atom. The van der Waals surface area contributed by atoms with Crippen LogP contribution in [0.3, 0.4) is 0 Å². The molecule has 1 heterocycles. The Bertz CT molecular complexity index is 532. The Balaban J connectivity index is 1.81. The van der Waals surface area contributed by atoms with E-state index in [0.29, 0.717) is 11.3 Å². The molecule has 2 rings (SSSR count). The Hall–Kier alpha value is -1.21. The molecule has 0 aliphatic heterocycles. The summed E-state index contributed by atoms with van der Waals surface area (Å²) in [6.07, 6.45) is 6.86. The van der Waals surface area contributed by atoms with Gasteiger partial charge in [-0.25, -0.2) is 0 Å². The van der Waals surface area contributed by atoms with E-state index in [9.17, 15) is 4.79 Å². The van der Waals surface area contributed by atoms with Crippen molar-refractivity contribution in [3.8, 4) is 0 Å². The van der Waals surface area contributed by atoms with Crippen LogP contribution in [-0.4, -0.2) is 32.9 Å². The standard InChI is InChI=1S/C15H26N4O2S/c1-3-19-13(17-18-15(19)22)10-16-14(20)11(2)21-12-8-6-4-5-7-9-12/h11-12H,3-10H2,1-2H3,(H,16,20)(H,18,22). The highest BCUT2D eigenvalue weighted by Gasteiger charge is 2.20. The molecule has 1 fully saturated rings. The number of hydrogen-bond acceptors (Lipinski definition) is 4. The second-order valence-electron chi connectivity index (χ2n) is 5.80. The van der Waals surface area contributed by atoms with E-state index in [1.54, 1.807) is 0 Å². The van der Waals surface area contributed by atoms with Gasteiger partial charge in [0, 0.05) is 6.54 Å². The van der Waals surface area contributed by atoms with Crippen molar-refractivity contribution in [3.63, 3.8) is 0 Å². The zero-order valence-corrected chi connectivity index (χ0v) is 14.2. The number of amides is 1. The van der Waals surface area contributed by atoms with E-state index in [2.05, 4.69) is 15.5 Å². The smallest absolute Gasteiger partial charge is 0.249 e. The van der Waals surface area contributed by atoms with Crippen LogP contribution in [0.15, 0.2) is 0 Å². The molecule has 1 aromatic heterocycles. The Kier molecular flexibility index (Phi) is 6.57. The normalized spacial score (nSPS) is 17.9. The van der Waals surface area contributed by atoms with Gasteiger partial charge in [-0.3, -0.25) is 9.89 Å². The van der Waals surface area contributed by atoms with Gasteiger partial charge in [-0.2, -0.15) is 5.10 Å². The minimum Gasteiger partial charge on any atom is -0.365 e. The molecule has 0 radical (unpaired) electrons. The van der Waals surface area contributed by atoms with Crippen LogP contribution in [0.4, 0.5) is 0 Å². The highest BCUT2D eigenvalue weighted by molar-refractivity contribution is 7.71. The van der Waals surface area contributed by atoms with E-state index >= 15 is 0 Å². The van der Waals surface area contributed by atoms with Gasteiger partial charge in [0.1, 0.15) is 6.10 Å². The van der Waals surface area contributed by atoms with E-state index in [4.69, 9.17) is 17.0 Å². The number of nitrogens with zero attached hydrogens (tertiary/aromatic N) is 2. The average molecular weight is 326 g/mol. The number of hydrogen-bond donors (Lipinski definition) is 2. The summed E-state index contributed by atoms with van der Waals surface area (Å²) in [4.78, 5) is 12.2. The number of ether oxygens (including phenoxy) is 1. The van der Waals surface area contributed by atoms with Crippen LogP contribution in [0.25, 0.3) is 0 Å². The number of H-pyrrole nitrogens is 1. The summed E-state index contributed by atoms with van der Waals surface area (Å²) >= 11 is 5.13. The fourth-order valence-electron chi connectivity index (χ4n) is 2.85. The van der Waals surface area contributed by atoms with E-state index in [0.717, 1.165) is 25.2 Å². The molecule has 0 saturated heterocycles. The predicted molar refractivity (Wildman–Crippen MR) is 87.0 cm³/mol. The molecule has 1 aromatic rings. The van der Waals surface area contributed by atoms with Gasteiger partial charge >= 0.3 is 0 Å². The van der Waals surface area contributed by atoms with E-state index in [1.807, 2.05) is 18.4 Å². The highest BCUT2D eigenvalue weighted by atomic mass is 32.1. The first-order chi connectivity index (χ1) is 10.6. The van der Waals surface area contributed by atoms with E-state index in [-0.39, 0.29) is 12.0 Å². The van der Waals surface area contributed by atoms with Crippen LogP contribution in [0.5, 0.6) is 0 Å². The van der Waals surface area contributed by atoms with Crippen molar-refractivity contribution in [3.05, 3.63) is 10.6 Å². The quantitative estimate of drug-likeness (QED) is 0.623. The molecule has 1 unspecified atom stereocenters.